The van der Waals surface area contributed by atoms with Crippen molar-refractivity contribution in [3.05, 3.63) is 94.4 Å². The molecule has 2 N–H and O–H groups in total. The summed E-state index contributed by atoms with van der Waals surface area (Å²) in [5.74, 6) is -3.35. The van der Waals surface area contributed by atoms with Gasteiger partial charge in [0.05, 0.1) is 26.2 Å². The van der Waals surface area contributed by atoms with Gasteiger partial charge in [0, 0.05) is 18.8 Å². The molecule has 0 aliphatic carbocycles. The molecule has 0 saturated carbocycles. The lowest BCUT2D eigenvalue weighted by Gasteiger charge is -2.52. The molecule has 0 spiro atoms. The monoisotopic (exact) mass is 666 g/mol. The number of ether oxygens (including phenoxy) is 1. The molecule has 3 saturated heterocycles. The average Bonchev–Trinajstić information content (AvgIpc) is 3.44. The highest BCUT2D eigenvalue weighted by Gasteiger charge is 2.50. The first-order valence-corrected chi connectivity index (χ1v) is 14.3. The lowest BCUT2D eigenvalue weighted by Crippen LogP contribution is -2.66. The molecule has 6 rings (SSSR count). The van der Waals surface area contributed by atoms with Crippen molar-refractivity contribution >= 4 is 33.8 Å². The molecule has 2 bridgehead atoms. The quantitative estimate of drug-likeness (QED) is 0.279. The maximum atomic E-state index is 13.6. The molecule has 1 aromatic heterocycles. The van der Waals surface area contributed by atoms with Crippen LogP contribution in [0.1, 0.15) is 34.5 Å². The molecule has 3 aromatic rings. The number of rotatable bonds is 8. The summed E-state index contributed by atoms with van der Waals surface area (Å²) in [5.41, 5.74) is -0.915. The Hall–Kier alpha value is -3.68. The number of furan rings is 1. The summed E-state index contributed by atoms with van der Waals surface area (Å²) >= 11 is 3.22. The minimum Gasteiger partial charge on any atom is -0.542 e. The Morgan fingerprint density at radius 3 is 1.98 bits per heavy atom. The molecule has 0 radical (unpaired) electrons. The van der Waals surface area contributed by atoms with Crippen molar-refractivity contribution in [3.63, 3.8) is 0 Å². The van der Waals surface area contributed by atoms with Crippen LogP contribution in [0.15, 0.2) is 81.9 Å². The van der Waals surface area contributed by atoms with Crippen molar-refractivity contribution in [2.24, 2.45) is 5.92 Å². The summed E-state index contributed by atoms with van der Waals surface area (Å²) in [7, 11) is 0. The van der Waals surface area contributed by atoms with Crippen LogP contribution in [-0.4, -0.2) is 72.4 Å². The topological polar surface area (TPSA) is 129 Å². The Labute approximate surface area is 254 Å². The molecule has 1 amide bonds. The van der Waals surface area contributed by atoms with Crippen LogP contribution in [0.25, 0.3) is 0 Å². The number of carboxylic acids is 1. The normalized spacial score (nSPS) is 21.3. The van der Waals surface area contributed by atoms with Gasteiger partial charge in [-0.3, -0.25) is 4.79 Å². The van der Waals surface area contributed by atoms with Crippen LogP contribution in [0.3, 0.4) is 0 Å². The van der Waals surface area contributed by atoms with Crippen LogP contribution in [-0.2, 0) is 19.9 Å². The number of carbonyl (C=O) groups is 3. The number of esters is 1. The van der Waals surface area contributed by atoms with Gasteiger partial charge in [-0.25, -0.2) is 4.79 Å². The molecule has 3 aliphatic rings. The van der Waals surface area contributed by atoms with Crippen molar-refractivity contribution in [3.8, 4) is 0 Å². The number of benzene rings is 2. The van der Waals surface area contributed by atoms with E-state index in [9.17, 15) is 27.9 Å². The first-order chi connectivity index (χ1) is 20.3. The number of piperidine rings is 3. The number of aliphatic carboxylic acids is 1. The summed E-state index contributed by atoms with van der Waals surface area (Å²) in [6.07, 6.45) is -3.58. The lowest BCUT2D eigenvalue weighted by atomic mass is 9.82. The Bertz CT molecular complexity index is 1370. The predicted molar refractivity (Wildman–Crippen MR) is 148 cm³/mol. The van der Waals surface area contributed by atoms with Crippen molar-refractivity contribution in [1.29, 1.82) is 0 Å². The van der Waals surface area contributed by atoms with E-state index in [2.05, 4.69) is 21.2 Å². The van der Waals surface area contributed by atoms with E-state index in [-0.39, 0.29) is 23.7 Å². The smallest absolute Gasteiger partial charge is 0.430 e. The van der Waals surface area contributed by atoms with Gasteiger partial charge in [-0.2, -0.15) is 13.2 Å². The molecule has 0 unspecified atom stereocenters. The number of aliphatic hydroxyl groups is 1. The van der Waals surface area contributed by atoms with Crippen LogP contribution in [0.5, 0.6) is 0 Å². The maximum Gasteiger partial charge on any atom is 0.430 e. The van der Waals surface area contributed by atoms with E-state index < -0.39 is 23.7 Å². The predicted octanol–water partition coefficient (Wildman–Crippen LogP) is 3.16. The van der Waals surface area contributed by atoms with E-state index in [0.29, 0.717) is 28.9 Å². The summed E-state index contributed by atoms with van der Waals surface area (Å²) < 4.78 is 44.3. The van der Waals surface area contributed by atoms with Gasteiger partial charge in [-0.1, -0.05) is 60.7 Å². The van der Waals surface area contributed by atoms with Gasteiger partial charge >= 0.3 is 12.1 Å². The highest BCUT2D eigenvalue weighted by atomic mass is 79.9. The Morgan fingerprint density at radius 2 is 1.51 bits per heavy atom. The third kappa shape index (κ3) is 7.64. The minimum atomic E-state index is -5.19. The van der Waals surface area contributed by atoms with Gasteiger partial charge in [0.25, 0.3) is 5.91 Å². The highest BCUT2D eigenvalue weighted by molar-refractivity contribution is 9.10. The van der Waals surface area contributed by atoms with Gasteiger partial charge in [-0.15, -0.1) is 0 Å². The molecular weight excluding hydrogens is 637 g/mol. The van der Waals surface area contributed by atoms with E-state index >= 15 is 0 Å². The molecule has 43 heavy (non-hydrogen) atoms. The fourth-order valence-corrected chi connectivity index (χ4v) is 5.89. The van der Waals surface area contributed by atoms with Gasteiger partial charge in [0.15, 0.2) is 16.5 Å². The molecule has 9 nitrogen and oxygen atoms in total. The van der Waals surface area contributed by atoms with Crippen LogP contribution in [0.4, 0.5) is 13.2 Å². The summed E-state index contributed by atoms with van der Waals surface area (Å²) in [5, 5.41) is 23.5. The van der Waals surface area contributed by atoms with Gasteiger partial charge in [0.2, 0.25) is 5.60 Å². The molecular formula is C30H30BrF3N2O7. The molecule has 2 aromatic carbocycles. The van der Waals surface area contributed by atoms with Crippen LogP contribution in [0, 0.1) is 5.92 Å². The van der Waals surface area contributed by atoms with Crippen LogP contribution < -0.4 is 10.4 Å². The van der Waals surface area contributed by atoms with Crippen molar-refractivity contribution in [2.75, 3.05) is 32.7 Å². The fraction of sp³-hybridized carbons (Fsp3) is 0.367. The first kappa shape index (κ1) is 32.2. The molecule has 3 aliphatic heterocycles. The number of fused-ring (bicyclic) bond motifs is 3. The number of alkyl halides is 3. The Balaban J connectivity index is 0.000000541. The van der Waals surface area contributed by atoms with E-state index in [1.807, 2.05) is 12.1 Å². The van der Waals surface area contributed by atoms with Gasteiger partial charge in [0.1, 0.15) is 12.5 Å². The number of quaternary nitrogens is 1. The largest absolute Gasteiger partial charge is 0.542 e. The van der Waals surface area contributed by atoms with Crippen LogP contribution in [0.2, 0.25) is 0 Å². The van der Waals surface area contributed by atoms with E-state index in [1.54, 1.807) is 60.7 Å². The molecule has 4 heterocycles. The number of hydrogen-bond donors (Lipinski definition) is 2. The van der Waals surface area contributed by atoms with E-state index in [4.69, 9.17) is 19.1 Å². The number of nitrogens with zero attached hydrogens (tertiary/aromatic N) is 1. The fourth-order valence-electron chi connectivity index (χ4n) is 5.58. The molecule has 1 atom stereocenters. The molecule has 3 fully saturated rings. The molecule has 230 valence electrons. The molecule has 13 heteroatoms. The summed E-state index contributed by atoms with van der Waals surface area (Å²) in [6, 6.07) is 21.3. The van der Waals surface area contributed by atoms with Crippen molar-refractivity contribution in [2.45, 2.75) is 30.7 Å². The number of halogens is 4. The Morgan fingerprint density at radius 1 is 0.977 bits per heavy atom. The number of hydrogen-bond acceptors (Lipinski definition) is 7. The zero-order valence-electron chi connectivity index (χ0n) is 22.9. The summed E-state index contributed by atoms with van der Waals surface area (Å²) in [6.45, 7) is 3.90. The zero-order valence-corrected chi connectivity index (χ0v) is 24.5. The van der Waals surface area contributed by atoms with Crippen molar-refractivity contribution < 1.29 is 51.4 Å². The number of nitrogens with one attached hydrogen (secondary N) is 1. The number of carbonyl (C=O) groups excluding carboxylic acids is 3. The second kappa shape index (κ2) is 13.3. The lowest BCUT2D eigenvalue weighted by molar-refractivity contribution is -0.945. The average molecular weight is 667 g/mol. The van der Waals surface area contributed by atoms with Gasteiger partial charge < -0.3 is 34.0 Å². The SMILES string of the molecule is O=C(NCC[N+]12CCC(CC1)[C@@H](OC(=O)C(O)(c1ccccc1)c1ccccc1)C2)c1ccc(Br)o1.O=C([O-])C(F)(F)F. The number of carboxylic acid groups (broad SMARTS) is 1. The van der Waals surface area contributed by atoms with Crippen molar-refractivity contribution in [1.82, 2.24) is 5.32 Å². The van der Waals surface area contributed by atoms with Gasteiger partial charge in [-0.05, 0) is 39.2 Å². The second-order valence-corrected chi connectivity index (χ2v) is 11.3. The number of amides is 1. The first-order valence-electron chi connectivity index (χ1n) is 13.6. The second-order valence-electron chi connectivity index (χ2n) is 10.6. The Kier molecular flexibility index (Phi) is 9.98. The standard InChI is InChI=1S/C28H29BrN2O5.C2HF3O2/c29-25-12-11-23(35-25)26(32)30-15-18-31-16-13-20(14-17-31)24(19-31)36-27(33)28(34,21-7-3-1-4-8-21)22-9-5-2-6-10-22;3-2(4,5)1(6)7/h1-12,20,24,34H,13-19H2;(H,6,7)/t20?,24-,31?;/m0./s1. The third-order valence-electron chi connectivity index (χ3n) is 7.88. The maximum absolute atomic E-state index is 13.6. The van der Waals surface area contributed by atoms with Crippen LogP contribution >= 0.6 is 15.9 Å². The zero-order chi connectivity index (χ0) is 31.3. The highest BCUT2D eigenvalue weighted by Crippen LogP contribution is 2.38. The third-order valence-corrected chi connectivity index (χ3v) is 8.30. The van der Waals surface area contributed by atoms with E-state index in [1.165, 1.54) is 0 Å². The minimum absolute atomic E-state index is 0.246. The van der Waals surface area contributed by atoms with E-state index in [0.717, 1.165) is 37.0 Å². The summed E-state index contributed by atoms with van der Waals surface area (Å²) in [4.78, 5) is 34.8.